The van der Waals surface area contributed by atoms with Crippen molar-refractivity contribution in [1.29, 1.82) is 0 Å². The Kier molecular flexibility index (Phi) is 4.40. The number of halogens is 1. The van der Waals surface area contributed by atoms with E-state index in [-0.39, 0.29) is 0 Å². The predicted molar refractivity (Wildman–Crippen MR) is 77.3 cm³/mol. The number of carbonyl (C=O) groups excluding carboxylic acids is 1. The minimum absolute atomic E-state index is 0.497. The van der Waals surface area contributed by atoms with Crippen LogP contribution in [0.5, 0.6) is 5.75 Å². The van der Waals surface area contributed by atoms with Crippen LogP contribution in [-0.2, 0) is 11.2 Å². The third kappa shape index (κ3) is 3.47. The highest BCUT2D eigenvalue weighted by atomic mass is 35.5. The fourth-order valence-corrected chi connectivity index (χ4v) is 2.07. The van der Waals surface area contributed by atoms with Crippen LogP contribution in [0.1, 0.15) is 11.1 Å². The molecule has 0 bridgehead atoms. The molecule has 0 saturated carbocycles. The zero-order valence-corrected chi connectivity index (χ0v) is 11.3. The lowest BCUT2D eigenvalue weighted by atomic mass is 9.99. The molecular weight excluding hydrogens is 260 g/mol. The lowest BCUT2D eigenvalue weighted by Crippen LogP contribution is -1.93. The first-order valence-corrected chi connectivity index (χ1v) is 6.23. The van der Waals surface area contributed by atoms with Gasteiger partial charge in [-0.05, 0) is 35.4 Å². The van der Waals surface area contributed by atoms with Crippen molar-refractivity contribution in [3.63, 3.8) is 0 Å². The van der Waals surface area contributed by atoms with Gasteiger partial charge in [-0.3, -0.25) is 0 Å². The summed E-state index contributed by atoms with van der Waals surface area (Å²) in [5.74, 6) is 2.72. The van der Waals surface area contributed by atoms with Crippen molar-refractivity contribution in [3.8, 4) is 5.75 Å². The molecule has 0 atom stereocenters. The molecule has 19 heavy (non-hydrogen) atoms. The molecule has 0 aliphatic carbocycles. The molecule has 0 spiro atoms. The molecule has 2 aromatic rings. The first-order valence-electron chi connectivity index (χ1n) is 5.86. The third-order valence-electron chi connectivity index (χ3n) is 2.81. The predicted octanol–water partition coefficient (Wildman–Crippen LogP) is 3.81. The molecule has 2 nitrogen and oxygen atoms in total. The monoisotopic (exact) mass is 272 g/mol. The fraction of sp³-hybridized carbons (Fsp3) is 0.125. The van der Waals surface area contributed by atoms with E-state index in [0.29, 0.717) is 17.0 Å². The Labute approximate surface area is 117 Å². The molecule has 0 amide bonds. The number of rotatable bonds is 4. The Bertz CT molecular complexity index is 628. The summed E-state index contributed by atoms with van der Waals surface area (Å²) < 4.78 is 5.15. The van der Waals surface area contributed by atoms with E-state index in [2.05, 4.69) is 0 Å². The molecule has 0 aromatic heterocycles. The average Bonchev–Trinajstić information content (AvgIpc) is 2.45. The number of hydrogen-bond acceptors (Lipinski definition) is 2. The van der Waals surface area contributed by atoms with Crippen molar-refractivity contribution < 1.29 is 9.53 Å². The van der Waals surface area contributed by atoms with E-state index in [1.54, 1.807) is 13.2 Å². The van der Waals surface area contributed by atoms with Crippen LogP contribution in [0.25, 0.3) is 5.57 Å². The van der Waals surface area contributed by atoms with Gasteiger partial charge >= 0.3 is 0 Å². The van der Waals surface area contributed by atoms with Crippen molar-refractivity contribution >= 4 is 23.1 Å². The Balaban J connectivity index is 2.28. The highest BCUT2D eigenvalue weighted by Crippen LogP contribution is 2.22. The molecule has 0 unspecified atom stereocenters. The first-order chi connectivity index (χ1) is 9.22. The Morgan fingerprint density at radius 2 is 2.00 bits per heavy atom. The Morgan fingerprint density at radius 3 is 2.68 bits per heavy atom. The molecule has 2 rings (SSSR count). The highest BCUT2D eigenvalue weighted by molar-refractivity contribution is 6.30. The Hall–Kier alpha value is -2.02. The van der Waals surface area contributed by atoms with Gasteiger partial charge in [-0.25, -0.2) is 4.79 Å². The van der Waals surface area contributed by atoms with Gasteiger partial charge in [0, 0.05) is 17.0 Å². The van der Waals surface area contributed by atoms with Crippen molar-refractivity contribution in [2.24, 2.45) is 0 Å². The smallest absolute Gasteiger partial charge is 0.128 e. The normalized spacial score (nSPS) is 9.79. The summed E-state index contributed by atoms with van der Waals surface area (Å²) in [5.41, 5.74) is 2.38. The molecule has 0 radical (unpaired) electrons. The quantitative estimate of drug-likeness (QED) is 0.791. The molecule has 0 N–H and O–H groups in total. The van der Waals surface area contributed by atoms with Crippen molar-refractivity contribution in [1.82, 2.24) is 0 Å². The van der Waals surface area contributed by atoms with Gasteiger partial charge in [0.15, 0.2) is 0 Å². The second kappa shape index (κ2) is 6.24. The molecule has 0 saturated heterocycles. The molecule has 0 fully saturated rings. The fourth-order valence-electron chi connectivity index (χ4n) is 1.86. The molecule has 0 aliphatic rings. The summed E-state index contributed by atoms with van der Waals surface area (Å²) in [4.78, 5) is 11.2. The van der Waals surface area contributed by atoms with Crippen molar-refractivity contribution in [2.75, 3.05) is 7.11 Å². The van der Waals surface area contributed by atoms with Crippen LogP contribution in [0.4, 0.5) is 0 Å². The van der Waals surface area contributed by atoms with Crippen LogP contribution < -0.4 is 4.74 Å². The summed E-state index contributed by atoms with van der Waals surface area (Å²) >= 11 is 5.94. The summed E-state index contributed by atoms with van der Waals surface area (Å²) in [5, 5.41) is 0.661. The zero-order chi connectivity index (χ0) is 13.7. The van der Waals surface area contributed by atoms with E-state index in [0.717, 1.165) is 16.9 Å². The Morgan fingerprint density at radius 1 is 1.21 bits per heavy atom. The van der Waals surface area contributed by atoms with Gasteiger partial charge in [0.1, 0.15) is 11.7 Å². The van der Waals surface area contributed by atoms with Crippen LogP contribution >= 0.6 is 11.6 Å². The maximum atomic E-state index is 11.2. The van der Waals surface area contributed by atoms with Gasteiger partial charge in [0.25, 0.3) is 0 Å². The molecule has 0 heterocycles. The summed E-state index contributed by atoms with van der Waals surface area (Å²) in [6, 6.07) is 14.8. The van der Waals surface area contributed by atoms with Gasteiger partial charge in [-0.15, -0.1) is 0 Å². The number of methoxy groups -OCH3 is 1. The maximum Gasteiger partial charge on any atom is 0.128 e. The largest absolute Gasteiger partial charge is 0.497 e. The van der Waals surface area contributed by atoms with Crippen LogP contribution in [0.15, 0.2) is 48.5 Å². The van der Waals surface area contributed by atoms with E-state index in [1.165, 1.54) is 0 Å². The van der Waals surface area contributed by atoms with Crippen LogP contribution in [0, 0.1) is 0 Å². The zero-order valence-electron chi connectivity index (χ0n) is 10.5. The van der Waals surface area contributed by atoms with Crippen LogP contribution in [-0.4, -0.2) is 13.1 Å². The van der Waals surface area contributed by atoms with Gasteiger partial charge < -0.3 is 4.74 Å². The molecular formula is C16H13ClO2. The van der Waals surface area contributed by atoms with Gasteiger partial charge in [-0.2, -0.15) is 0 Å². The number of hydrogen-bond donors (Lipinski definition) is 0. The van der Waals surface area contributed by atoms with Crippen molar-refractivity contribution in [3.05, 3.63) is 64.7 Å². The standard InChI is InChI=1S/C16H13ClO2/c1-19-16-7-3-5-13(10-16)14(11-18)8-12-4-2-6-15(17)9-12/h2-7,9-10H,8H2,1H3. The molecule has 96 valence electrons. The van der Waals surface area contributed by atoms with E-state index in [4.69, 9.17) is 16.3 Å². The molecule has 0 aliphatic heterocycles. The second-order valence-corrected chi connectivity index (χ2v) is 4.56. The van der Waals surface area contributed by atoms with E-state index < -0.39 is 0 Å². The van der Waals surface area contributed by atoms with E-state index in [1.807, 2.05) is 48.4 Å². The highest BCUT2D eigenvalue weighted by Gasteiger charge is 2.06. The van der Waals surface area contributed by atoms with E-state index in [9.17, 15) is 4.79 Å². The molecule has 3 heteroatoms. The third-order valence-corrected chi connectivity index (χ3v) is 3.05. The number of benzene rings is 2. The SMILES string of the molecule is COc1cccc(C(=C=O)Cc2cccc(Cl)c2)c1. The topological polar surface area (TPSA) is 26.3 Å². The first kappa shape index (κ1) is 13.4. The second-order valence-electron chi connectivity index (χ2n) is 4.12. The maximum absolute atomic E-state index is 11.2. The number of allylic oxidation sites excluding steroid dienone is 1. The average molecular weight is 273 g/mol. The lowest BCUT2D eigenvalue weighted by Gasteiger charge is -2.06. The minimum atomic E-state index is 0.497. The van der Waals surface area contributed by atoms with Gasteiger partial charge in [0.2, 0.25) is 0 Å². The van der Waals surface area contributed by atoms with E-state index >= 15 is 0 Å². The summed E-state index contributed by atoms with van der Waals surface area (Å²) in [6.45, 7) is 0. The summed E-state index contributed by atoms with van der Waals surface area (Å²) in [6.07, 6.45) is 0.497. The number of ether oxygens (including phenoxy) is 1. The van der Waals surface area contributed by atoms with Gasteiger partial charge in [0.05, 0.1) is 7.11 Å². The molecule has 2 aromatic carbocycles. The van der Waals surface area contributed by atoms with Crippen molar-refractivity contribution in [2.45, 2.75) is 6.42 Å². The lowest BCUT2D eigenvalue weighted by molar-refractivity contribution is 0.414. The summed E-state index contributed by atoms with van der Waals surface area (Å²) in [7, 11) is 1.60. The van der Waals surface area contributed by atoms with Crippen LogP contribution in [0.3, 0.4) is 0 Å². The van der Waals surface area contributed by atoms with Crippen LogP contribution in [0.2, 0.25) is 5.02 Å². The van der Waals surface area contributed by atoms with Gasteiger partial charge in [-0.1, -0.05) is 35.9 Å². The minimum Gasteiger partial charge on any atom is -0.497 e.